The van der Waals surface area contributed by atoms with Crippen LogP contribution in [0.3, 0.4) is 0 Å². The van der Waals surface area contributed by atoms with Gasteiger partial charge in [-0.25, -0.2) is 0 Å². The number of aromatic hydroxyl groups is 2. The number of phenolic OH excluding ortho intramolecular Hbond substituents is 2. The zero-order valence-corrected chi connectivity index (χ0v) is 46.6. The van der Waals surface area contributed by atoms with Crippen molar-refractivity contribution in [2.45, 2.75) is 277 Å². The predicted octanol–water partition coefficient (Wildman–Crippen LogP) is 20.8. The fourth-order valence-electron chi connectivity index (χ4n) is 9.87. The summed E-state index contributed by atoms with van der Waals surface area (Å²) in [5, 5.41) is 21.7. The highest BCUT2D eigenvalue weighted by molar-refractivity contribution is 5.84. The van der Waals surface area contributed by atoms with E-state index in [0.29, 0.717) is 42.4 Å². The summed E-state index contributed by atoms with van der Waals surface area (Å²) in [7, 11) is 0. The Hall–Kier alpha value is -3.80. The molecule has 6 heteroatoms. The van der Waals surface area contributed by atoms with Crippen LogP contribution in [0.15, 0.2) is 76.7 Å². The fourth-order valence-corrected chi connectivity index (χ4v) is 9.87. The molecule has 0 aromatic heterocycles. The highest BCUT2D eigenvalue weighted by atomic mass is 16.5. The molecule has 0 amide bonds. The predicted molar refractivity (Wildman–Crippen MR) is 312 cm³/mol. The van der Waals surface area contributed by atoms with E-state index in [1.807, 2.05) is 54.6 Å². The summed E-state index contributed by atoms with van der Waals surface area (Å²) in [4.78, 5) is 9.56. The molecular formula is C66H108N2O4. The van der Waals surface area contributed by atoms with Crippen molar-refractivity contribution in [3.8, 4) is 23.0 Å². The maximum absolute atomic E-state index is 10.9. The maximum atomic E-state index is 10.9. The summed E-state index contributed by atoms with van der Waals surface area (Å²) in [6.07, 6.45) is 58.3. The standard InChI is InChI=1S/C66H108N2O4/c1-3-5-7-9-11-13-15-17-19-21-23-25-27-29-31-33-35-37-39-44-52-71-62-50-48-60(65(69)54-62)56-67-58-64(59-46-42-41-43-47-59)68-57-61-49-51-63(55-66(61)70)72-53-45-40-38-36-34-32-30-28-26-24-22-20-18-16-14-12-10-8-6-4-2/h41-43,46-51,54-57,64,69-70H,3-40,44-45,52-53,58H2,1-2H3. The molecule has 0 fully saturated rings. The summed E-state index contributed by atoms with van der Waals surface area (Å²) in [5.74, 6) is 1.66. The van der Waals surface area contributed by atoms with Gasteiger partial charge in [-0.05, 0) is 42.7 Å². The van der Waals surface area contributed by atoms with Crippen molar-refractivity contribution in [1.82, 2.24) is 0 Å². The average Bonchev–Trinajstić information content (AvgIpc) is 3.39. The van der Waals surface area contributed by atoms with Gasteiger partial charge >= 0.3 is 0 Å². The molecule has 406 valence electrons. The molecule has 72 heavy (non-hydrogen) atoms. The van der Waals surface area contributed by atoms with Gasteiger partial charge in [0.2, 0.25) is 0 Å². The van der Waals surface area contributed by atoms with Crippen molar-refractivity contribution in [3.63, 3.8) is 0 Å². The minimum Gasteiger partial charge on any atom is -0.507 e. The lowest BCUT2D eigenvalue weighted by atomic mass is 10.0. The first kappa shape index (κ1) is 62.5. The van der Waals surface area contributed by atoms with Gasteiger partial charge in [0.25, 0.3) is 0 Å². The Kier molecular flexibility index (Phi) is 39.7. The Morgan fingerprint density at radius 2 is 0.681 bits per heavy atom. The van der Waals surface area contributed by atoms with Gasteiger partial charge in [-0.15, -0.1) is 0 Å². The SMILES string of the molecule is CCCCCCCCCCCCCCCCCCCCCCOc1ccc(C=NCC(N=Cc2ccc(OCCCCCCCCCCCCCCCCCCCCCC)cc2O)c2ccccc2)c(O)c1. The fraction of sp³-hybridized carbons (Fsp3) is 0.697. The van der Waals surface area contributed by atoms with Crippen molar-refractivity contribution >= 4 is 12.4 Å². The molecule has 0 aliphatic heterocycles. The summed E-state index contributed by atoms with van der Waals surface area (Å²) < 4.78 is 12.0. The van der Waals surface area contributed by atoms with Crippen LogP contribution in [0.25, 0.3) is 0 Å². The molecular weight excluding hydrogens is 885 g/mol. The molecule has 3 rings (SSSR count). The number of aliphatic imine (C=N–C) groups is 2. The Bertz CT molecular complexity index is 1730. The largest absolute Gasteiger partial charge is 0.507 e. The molecule has 6 nitrogen and oxygen atoms in total. The molecule has 3 aromatic rings. The van der Waals surface area contributed by atoms with E-state index in [2.05, 4.69) is 13.8 Å². The van der Waals surface area contributed by atoms with Crippen LogP contribution in [0.2, 0.25) is 0 Å². The Morgan fingerprint density at radius 3 is 1.00 bits per heavy atom. The van der Waals surface area contributed by atoms with E-state index in [9.17, 15) is 10.2 Å². The molecule has 0 radical (unpaired) electrons. The molecule has 0 saturated heterocycles. The second-order valence-electron chi connectivity index (χ2n) is 21.3. The first-order valence-electron chi connectivity index (χ1n) is 30.6. The minimum absolute atomic E-state index is 0.146. The monoisotopic (exact) mass is 993 g/mol. The molecule has 1 unspecified atom stereocenters. The molecule has 0 heterocycles. The van der Waals surface area contributed by atoms with Crippen LogP contribution >= 0.6 is 0 Å². The number of unbranched alkanes of at least 4 members (excludes halogenated alkanes) is 38. The summed E-state index contributed by atoms with van der Waals surface area (Å²) in [5.41, 5.74) is 2.30. The van der Waals surface area contributed by atoms with Crippen LogP contribution in [-0.4, -0.2) is 42.4 Å². The summed E-state index contributed by atoms with van der Waals surface area (Å²) in [6, 6.07) is 20.7. The lowest BCUT2D eigenvalue weighted by Crippen LogP contribution is -2.02. The molecule has 2 N–H and O–H groups in total. The lowest BCUT2D eigenvalue weighted by Gasteiger charge is -2.11. The Labute approximate surface area is 443 Å². The van der Waals surface area contributed by atoms with Crippen molar-refractivity contribution in [1.29, 1.82) is 0 Å². The highest BCUT2D eigenvalue weighted by Gasteiger charge is 2.10. The first-order chi connectivity index (χ1) is 35.6. The van der Waals surface area contributed by atoms with Crippen molar-refractivity contribution in [2.24, 2.45) is 9.98 Å². The third-order valence-corrected chi connectivity index (χ3v) is 14.6. The zero-order valence-electron chi connectivity index (χ0n) is 46.6. The van der Waals surface area contributed by atoms with Crippen LogP contribution in [0.5, 0.6) is 23.0 Å². The molecule has 0 saturated carbocycles. The van der Waals surface area contributed by atoms with Crippen LogP contribution in [0.1, 0.15) is 293 Å². The van der Waals surface area contributed by atoms with E-state index in [4.69, 9.17) is 19.5 Å². The van der Waals surface area contributed by atoms with Gasteiger partial charge in [-0.1, -0.05) is 288 Å². The number of rotatable bonds is 50. The lowest BCUT2D eigenvalue weighted by molar-refractivity contribution is 0.302. The quantitative estimate of drug-likeness (QED) is 0.0436. The molecule has 3 aromatic carbocycles. The first-order valence-corrected chi connectivity index (χ1v) is 30.6. The van der Waals surface area contributed by atoms with Gasteiger partial charge in [0.1, 0.15) is 23.0 Å². The van der Waals surface area contributed by atoms with Crippen LogP contribution < -0.4 is 9.47 Å². The average molecular weight is 994 g/mol. The second kappa shape index (κ2) is 45.8. The third kappa shape index (κ3) is 33.8. The van der Waals surface area contributed by atoms with Gasteiger partial charge in [0.15, 0.2) is 0 Å². The molecule has 0 aliphatic carbocycles. The Balaban J connectivity index is 1.21. The maximum Gasteiger partial charge on any atom is 0.128 e. The van der Waals surface area contributed by atoms with E-state index < -0.39 is 0 Å². The minimum atomic E-state index is -0.259. The summed E-state index contributed by atoms with van der Waals surface area (Å²) >= 11 is 0. The van der Waals surface area contributed by atoms with Crippen molar-refractivity contribution in [2.75, 3.05) is 19.8 Å². The van der Waals surface area contributed by atoms with Gasteiger partial charge in [0.05, 0.1) is 25.8 Å². The van der Waals surface area contributed by atoms with Crippen molar-refractivity contribution < 1.29 is 19.7 Å². The molecule has 0 spiro atoms. The van der Waals surface area contributed by atoms with Gasteiger partial charge in [0, 0.05) is 35.7 Å². The van der Waals surface area contributed by atoms with E-state index in [-0.39, 0.29) is 17.5 Å². The highest BCUT2D eigenvalue weighted by Crippen LogP contribution is 2.27. The summed E-state index contributed by atoms with van der Waals surface area (Å²) in [6.45, 7) is 6.29. The van der Waals surface area contributed by atoms with Crippen LogP contribution in [0.4, 0.5) is 0 Å². The molecule has 0 aliphatic rings. The number of nitrogens with zero attached hydrogens (tertiary/aromatic N) is 2. The van der Waals surface area contributed by atoms with E-state index in [1.54, 1.807) is 24.6 Å². The topological polar surface area (TPSA) is 83.6 Å². The van der Waals surface area contributed by atoms with Gasteiger partial charge in [-0.2, -0.15) is 0 Å². The number of phenols is 2. The molecule has 1 atom stereocenters. The van der Waals surface area contributed by atoms with E-state index in [1.165, 1.54) is 244 Å². The number of hydrogen-bond acceptors (Lipinski definition) is 6. The Morgan fingerprint density at radius 1 is 0.375 bits per heavy atom. The third-order valence-electron chi connectivity index (χ3n) is 14.6. The number of benzene rings is 3. The molecule has 0 bridgehead atoms. The number of hydrogen-bond donors (Lipinski definition) is 2. The van der Waals surface area contributed by atoms with Crippen LogP contribution in [0, 0.1) is 0 Å². The zero-order chi connectivity index (χ0) is 51.0. The van der Waals surface area contributed by atoms with E-state index >= 15 is 0 Å². The van der Waals surface area contributed by atoms with Gasteiger partial charge < -0.3 is 19.7 Å². The number of ether oxygens (including phenoxy) is 2. The van der Waals surface area contributed by atoms with Crippen LogP contribution in [-0.2, 0) is 0 Å². The second-order valence-corrected chi connectivity index (χ2v) is 21.3. The normalized spacial score (nSPS) is 12.1. The van der Waals surface area contributed by atoms with E-state index in [0.717, 1.165) is 18.4 Å². The smallest absolute Gasteiger partial charge is 0.128 e. The van der Waals surface area contributed by atoms with Crippen molar-refractivity contribution in [3.05, 3.63) is 83.4 Å². The van der Waals surface area contributed by atoms with Gasteiger partial charge in [-0.3, -0.25) is 9.98 Å².